The molecule has 0 saturated heterocycles. The largest absolute Gasteiger partial charge is 0.479 e. The van der Waals surface area contributed by atoms with Gasteiger partial charge in [0.15, 0.2) is 0 Å². The molecule has 6 heteroatoms. The Morgan fingerprint density at radius 1 is 1.43 bits per heavy atom. The first-order valence-electron chi connectivity index (χ1n) is 7.63. The number of aliphatic carboxylic acids is 1. The van der Waals surface area contributed by atoms with Crippen LogP contribution >= 0.6 is 0 Å². The van der Waals surface area contributed by atoms with E-state index in [1.54, 1.807) is 19.9 Å². The number of nitrogens with one attached hydrogen (secondary N) is 1. The van der Waals surface area contributed by atoms with Crippen LogP contribution in [-0.4, -0.2) is 35.2 Å². The Kier molecular flexibility index (Phi) is 4.75. The lowest BCUT2D eigenvalue weighted by molar-refractivity contribution is -0.194. The molecular weight excluding hydrogens is 301 g/mol. The summed E-state index contributed by atoms with van der Waals surface area (Å²) in [4.78, 5) is 24.0. The molecule has 2 unspecified atom stereocenters. The van der Waals surface area contributed by atoms with E-state index in [2.05, 4.69) is 5.32 Å². The number of rotatable bonds is 6. The van der Waals surface area contributed by atoms with Crippen LogP contribution in [0.3, 0.4) is 0 Å². The molecule has 2 rings (SSSR count). The molecule has 1 aliphatic carbocycles. The standard InChI is InChI=1S/C17H22FNO4/c1-4-23-13-10-17(15(21)22,16(13,2)3)19-14(20)9-11-6-5-7-12(18)8-11/h5-8,13H,4,9-10H2,1-3H3,(H,19,20)(H,21,22). The van der Waals surface area contributed by atoms with Crippen molar-refractivity contribution in [2.24, 2.45) is 5.41 Å². The minimum absolute atomic E-state index is 0.0673. The highest BCUT2D eigenvalue weighted by Gasteiger charge is 2.66. The average molecular weight is 323 g/mol. The Labute approximate surface area is 134 Å². The Morgan fingerprint density at radius 2 is 2.13 bits per heavy atom. The summed E-state index contributed by atoms with van der Waals surface area (Å²) in [5.74, 6) is -1.95. The molecule has 1 amide bonds. The van der Waals surface area contributed by atoms with Gasteiger partial charge in [-0.15, -0.1) is 0 Å². The first-order valence-corrected chi connectivity index (χ1v) is 7.63. The SMILES string of the molecule is CCOC1CC(NC(=O)Cc2cccc(F)c2)(C(=O)O)C1(C)C. The van der Waals surface area contributed by atoms with Gasteiger partial charge in [-0.2, -0.15) is 0 Å². The van der Waals surface area contributed by atoms with Crippen molar-refractivity contribution in [3.05, 3.63) is 35.6 Å². The third-order valence-corrected chi connectivity index (χ3v) is 4.74. The summed E-state index contributed by atoms with van der Waals surface area (Å²) in [6.45, 7) is 5.88. The van der Waals surface area contributed by atoms with E-state index < -0.39 is 28.6 Å². The van der Waals surface area contributed by atoms with E-state index in [-0.39, 0.29) is 18.9 Å². The molecule has 0 spiro atoms. The van der Waals surface area contributed by atoms with E-state index in [9.17, 15) is 19.1 Å². The lowest BCUT2D eigenvalue weighted by Gasteiger charge is -2.58. The van der Waals surface area contributed by atoms with E-state index in [1.165, 1.54) is 18.2 Å². The monoisotopic (exact) mass is 323 g/mol. The van der Waals surface area contributed by atoms with Gasteiger partial charge < -0.3 is 15.2 Å². The molecule has 0 radical (unpaired) electrons. The Morgan fingerprint density at radius 3 is 2.65 bits per heavy atom. The van der Waals surface area contributed by atoms with Crippen LogP contribution in [0.1, 0.15) is 32.8 Å². The van der Waals surface area contributed by atoms with E-state index in [0.717, 1.165) is 0 Å². The zero-order chi connectivity index (χ0) is 17.3. The summed E-state index contributed by atoms with van der Waals surface area (Å²) >= 11 is 0. The molecule has 126 valence electrons. The number of carboxylic acids is 1. The van der Waals surface area contributed by atoms with Gasteiger partial charge in [-0.25, -0.2) is 9.18 Å². The average Bonchev–Trinajstić information content (AvgIpc) is 2.45. The van der Waals surface area contributed by atoms with Crippen LogP contribution in [0.4, 0.5) is 4.39 Å². The molecule has 5 nitrogen and oxygen atoms in total. The van der Waals surface area contributed by atoms with E-state index >= 15 is 0 Å². The van der Waals surface area contributed by atoms with E-state index in [4.69, 9.17) is 4.74 Å². The molecule has 0 aliphatic heterocycles. The number of benzene rings is 1. The van der Waals surface area contributed by atoms with Crippen molar-refractivity contribution in [2.75, 3.05) is 6.61 Å². The van der Waals surface area contributed by atoms with Gasteiger partial charge in [-0.3, -0.25) is 4.79 Å². The van der Waals surface area contributed by atoms with Crippen LogP contribution < -0.4 is 5.32 Å². The van der Waals surface area contributed by atoms with Gasteiger partial charge in [0.05, 0.1) is 12.5 Å². The molecular formula is C17H22FNO4. The third-order valence-electron chi connectivity index (χ3n) is 4.74. The fourth-order valence-corrected chi connectivity index (χ4v) is 3.15. The Hall–Kier alpha value is -1.95. The van der Waals surface area contributed by atoms with Crippen molar-refractivity contribution in [2.45, 2.75) is 45.3 Å². The molecule has 1 fully saturated rings. The number of carboxylic acid groups (broad SMARTS) is 1. The summed E-state index contributed by atoms with van der Waals surface area (Å²) in [5, 5.41) is 12.3. The van der Waals surface area contributed by atoms with Crippen molar-refractivity contribution in [1.82, 2.24) is 5.32 Å². The first-order chi connectivity index (χ1) is 10.7. The topological polar surface area (TPSA) is 75.6 Å². The molecule has 1 aromatic rings. The number of ether oxygens (including phenoxy) is 1. The van der Waals surface area contributed by atoms with Gasteiger partial charge in [-0.05, 0) is 24.6 Å². The van der Waals surface area contributed by atoms with Crippen LogP contribution in [-0.2, 0) is 20.7 Å². The van der Waals surface area contributed by atoms with Crippen molar-refractivity contribution >= 4 is 11.9 Å². The van der Waals surface area contributed by atoms with Gasteiger partial charge in [-0.1, -0.05) is 26.0 Å². The van der Waals surface area contributed by atoms with Crippen LogP contribution in [0.25, 0.3) is 0 Å². The Bertz CT molecular complexity index is 616. The van der Waals surface area contributed by atoms with Gasteiger partial charge in [0.25, 0.3) is 0 Å². The van der Waals surface area contributed by atoms with Crippen molar-refractivity contribution < 1.29 is 23.8 Å². The molecule has 0 aromatic heterocycles. The number of carbonyl (C=O) groups is 2. The zero-order valence-electron chi connectivity index (χ0n) is 13.6. The Balaban J connectivity index is 2.12. The maximum absolute atomic E-state index is 13.2. The van der Waals surface area contributed by atoms with Crippen LogP contribution in [0.2, 0.25) is 0 Å². The number of hydrogen-bond acceptors (Lipinski definition) is 3. The highest BCUT2D eigenvalue weighted by atomic mass is 19.1. The quantitative estimate of drug-likeness (QED) is 0.841. The van der Waals surface area contributed by atoms with Gasteiger partial charge >= 0.3 is 5.97 Å². The fraction of sp³-hybridized carbons (Fsp3) is 0.529. The fourth-order valence-electron chi connectivity index (χ4n) is 3.15. The highest BCUT2D eigenvalue weighted by Crippen LogP contribution is 2.51. The molecule has 1 aromatic carbocycles. The lowest BCUT2D eigenvalue weighted by atomic mass is 9.54. The predicted molar refractivity (Wildman–Crippen MR) is 82.4 cm³/mol. The van der Waals surface area contributed by atoms with Crippen molar-refractivity contribution in [3.63, 3.8) is 0 Å². The predicted octanol–water partition coefficient (Wildman–Crippen LogP) is 2.14. The normalized spacial score (nSPS) is 25.5. The second-order valence-corrected chi connectivity index (χ2v) is 6.44. The number of hydrogen-bond donors (Lipinski definition) is 2. The lowest BCUT2D eigenvalue weighted by Crippen LogP contribution is -2.76. The highest BCUT2D eigenvalue weighted by molar-refractivity contribution is 5.90. The van der Waals surface area contributed by atoms with Gasteiger partial charge in [0, 0.05) is 18.4 Å². The van der Waals surface area contributed by atoms with Gasteiger partial charge in [0.2, 0.25) is 5.91 Å². The maximum Gasteiger partial charge on any atom is 0.330 e. The summed E-state index contributed by atoms with van der Waals surface area (Å²) in [6.07, 6.45) is -0.0710. The minimum atomic E-state index is -1.36. The second-order valence-electron chi connectivity index (χ2n) is 6.44. The first kappa shape index (κ1) is 17.4. The number of amides is 1. The van der Waals surface area contributed by atoms with Crippen molar-refractivity contribution in [1.29, 1.82) is 0 Å². The molecule has 0 bridgehead atoms. The molecule has 2 N–H and O–H groups in total. The zero-order valence-corrected chi connectivity index (χ0v) is 13.6. The summed E-state index contributed by atoms with van der Waals surface area (Å²) < 4.78 is 18.7. The second kappa shape index (κ2) is 6.28. The number of carbonyl (C=O) groups excluding carboxylic acids is 1. The van der Waals surface area contributed by atoms with Crippen molar-refractivity contribution in [3.8, 4) is 0 Å². The molecule has 1 aliphatic rings. The molecule has 2 atom stereocenters. The summed E-state index contributed by atoms with van der Waals surface area (Å²) in [5.41, 5.74) is -1.59. The minimum Gasteiger partial charge on any atom is -0.479 e. The van der Waals surface area contributed by atoms with E-state index in [0.29, 0.717) is 12.2 Å². The molecule has 23 heavy (non-hydrogen) atoms. The van der Waals surface area contributed by atoms with E-state index in [1.807, 2.05) is 6.92 Å². The maximum atomic E-state index is 13.2. The molecule has 1 saturated carbocycles. The smallest absolute Gasteiger partial charge is 0.330 e. The third kappa shape index (κ3) is 3.08. The summed E-state index contributed by atoms with van der Waals surface area (Å²) in [7, 11) is 0. The number of halogens is 1. The van der Waals surface area contributed by atoms with Crippen LogP contribution in [0, 0.1) is 11.2 Å². The van der Waals surface area contributed by atoms with Crippen LogP contribution in [0.5, 0.6) is 0 Å². The summed E-state index contributed by atoms with van der Waals surface area (Å²) in [6, 6.07) is 5.71. The van der Waals surface area contributed by atoms with Gasteiger partial charge in [0.1, 0.15) is 11.4 Å². The van der Waals surface area contributed by atoms with Crippen LogP contribution in [0.15, 0.2) is 24.3 Å². The molecule has 0 heterocycles.